The summed E-state index contributed by atoms with van der Waals surface area (Å²) in [5.74, 6) is 0. The van der Waals surface area contributed by atoms with E-state index in [0.29, 0.717) is 10.0 Å². The van der Waals surface area contributed by atoms with Gasteiger partial charge < -0.3 is 0 Å². The largest absolute Gasteiger partial charge is 0.245 e. The van der Waals surface area contributed by atoms with Crippen LogP contribution in [0.25, 0.3) is 23.2 Å². The van der Waals surface area contributed by atoms with Crippen LogP contribution in [-0.2, 0) is 0 Å². The number of aromatic nitrogens is 2. The van der Waals surface area contributed by atoms with E-state index >= 15 is 0 Å². The van der Waals surface area contributed by atoms with Crippen molar-refractivity contribution in [3.8, 4) is 0 Å². The van der Waals surface area contributed by atoms with Crippen LogP contribution in [0, 0.1) is 0 Å². The summed E-state index contributed by atoms with van der Waals surface area (Å²) in [5, 5.41) is 2.92. The Morgan fingerprint density at radius 3 is 1.69 bits per heavy atom. The maximum absolute atomic E-state index is 5.95. The van der Waals surface area contributed by atoms with E-state index in [1.165, 1.54) is 0 Å². The molecule has 0 saturated carbocycles. The summed E-state index contributed by atoms with van der Waals surface area (Å²) in [6.07, 6.45) is 6.25. The van der Waals surface area contributed by atoms with Crippen LogP contribution in [-0.4, -0.2) is 9.97 Å². The summed E-state index contributed by atoms with van der Waals surface area (Å²) in [4.78, 5) is 9.05. The lowest BCUT2D eigenvalue weighted by molar-refractivity contribution is 1.05. The molecule has 4 heteroatoms. The van der Waals surface area contributed by atoms with Crippen LogP contribution < -0.4 is 10.7 Å². The monoisotopic (exact) mass is 250 g/mol. The third kappa shape index (κ3) is 1.58. The van der Waals surface area contributed by atoms with Crippen LogP contribution in [0.5, 0.6) is 0 Å². The Balaban J connectivity index is 2.46. The van der Waals surface area contributed by atoms with E-state index in [9.17, 15) is 0 Å². The molecule has 0 radical (unpaired) electrons. The summed E-state index contributed by atoms with van der Waals surface area (Å²) < 4.78 is 0. The molecule has 0 fully saturated rings. The van der Waals surface area contributed by atoms with Crippen molar-refractivity contribution in [1.29, 1.82) is 0 Å². The van der Waals surface area contributed by atoms with Gasteiger partial charge in [0.15, 0.2) is 0 Å². The number of fused-ring (bicyclic) bond motifs is 2. The number of hydrogen-bond acceptors (Lipinski definition) is 2. The summed E-state index contributed by atoms with van der Waals surface area (Å²) in [6.45, 7) is 0. The second-order valence-electron chi connectivity index (χ2n) is 3.73. The first-order valence-electron chi connectivity index (χ1n) is 5.07. The van der Waals surface area contributed by atoms with Crippen LogP contribution in [0.3, 0.4) is 0 Å². The molecule has 0 aliphatic heterocycles. The second-order valence-corrected chi connectivity index (χ2v) is 4.55. The lowest BCUT2D eigenvalue weighted by atomic mass is 10.2. The zero-order valence-electron chi connectivity index (χ0n) is 8.37. The van der Waals surface area contributed by atoms with Gasteiger partial charge in [-0.15, -0.1) is 0 Å². The van der Waals surface area contributed by atoms with Gasteiger partial charge in [0, 0.05) is 0 Å². The normalized spacial score (nSPS) is 14.1. The number of hydrogen-bond donors (Lipinski definition) is 0. The molecule has 2 nitrogen and oxygen atoms in total. The standard InChI is InChI=1S/C12H8Cl2N2/c13-7-5-11-12(6-8(7)14)16-10-4-2-1-3-9(10)15-11/h3-6H,1-2H2. The van der Waals surface area contributed by atoms with Gasteiger partial charge in [0.05, 0.1) is 31.8 Å². The fourth-order valence-corrected chi connectivity index (χ4v) is 2.14. The molecular weight excluding hydrogens is 243 g/mol. The Labute approximate surface area is 102 Å². The minimum Gasteiger partial charge on any atom is -0.245 e. The van der Waals surface area contributed by atoms with Gasteiger partial charge in [0.2, 0.25) is 0 Å². The third-order valence-electron chi connectivity index (χ3n) is 2.60. The number of halogens is 2. The molecule has 3 rings (SSSR count). The highest BCUT2D eigenvalue weighted by atomic mass is 35.5. The van der Waals surface area contributed by atoms with Gasteiger partial charge in [0.1, 0.15) is 0 Å². The molecule has 0 spiro atoms. The fourth-order valence-electron chi connectivity index (χ4n) is 1.82. The quantitative estimate of drug-likeness (QED) is 0.717. The zero-order chi connectivity index (χ0) is 11.1. The summed E-state index contributed by atoms with van der Waals surface area (Å²) >= 11 is 11.9. The van der Waals surface area contributed by atoms with Crippen LogP contribution in [0.15, 0.2) is 12.1 Å². The zero-order valence-corrected chi connectivity index (χ0v) is 9.89. The van der Waals surface area contributed by atoms with Crippen molar-refractivity contribution in [2.45, 2.75) is 12.8 Å². The Bertz CT molecular complexity index is 632. The van der Waals surface area contributed by atoms with Crippen molar-refractivity contribution in [3.05, 3.63) is 32.9 Å². The predicted molar refractivity (Wildman–Crippen MR) is 67.0 cm³/mol. The van der Waals surface area contributed by atoms with Gasteiger partial charge in [-0.3, -0.25) is 0 Å². The maximum atomic E-state index is 5.95. The molecule has 1 aromatic heterocycles. The van der Waals surface area contributed by atoms with Gasteiger partial charge in [-0.1, -0.05) is 35.4 Å². The average molecular weight is 251 g/mol. The molecule has 1 heterocycles. The van der Waals surface area contributed by atoms with Crippen molar-refractivity contribution in [3.63, 3.8) is 0 Å². The van der Waals surface area contributed by atoms with E-state index in [0.717, 1.165) is 34.6 Å². The maximum Gasteiger partial charge on any atom is 0.0910 e. The lowest BCUT2D eigenvalue weighted by Crippen LogP contribution is -2.33. The molecule has 1 aromatic carbocycles. The first kappa shape index (κ1) is 10.1. The molecule has 0 N–H and O–H groups in total. The molecule has 2 aromatic rings. The Kier molecular flexibility index (Phi) is 2.34. The van der Waals surface area contributed by atoms with Crippen LogP contribution in [0.4, 0.5) is 0 Å². The Morgan fingerprint density at radius 2 is 1.25 bits per heavy atom. The van der Waals surface area contributed by atoms with Crippen LogP contribution in [0.2, 0.25) is 10.0 Å². The van der Waals surface area contributed by atoms with Crippen LogP contribution in [0.1, 0.15) is 12.8 Å². The highest BCUT2D eigenvalue weighted by Gasteiger charge is 2.04. The van der Waals surface area contributed by atoms with Gasteiger partial charge in [0.25, 0.3) is 0 Å². The molecule has 80 valence electrons. The molecule has 1 aliphatic rings. The highest BCUT2D eigenvalue weighted by molar-refractivity contribution is 6.42. The minimum absolute atomic E-state index is 0.517. The van der Waals surface area contributed by atoms with E-state index in [-0.39, 0.29) is 0 Å². The van der Waals surface area contributed by atoms with Crippen LogP contribution >= 0.6 is 23.2 Å². The number of rotatable bonds is 0. The van der Waals surface area contributed by atoms with Crippen molar-refractivity contribution < 1.29 is 0 Å². The van der Waals surface area contributed by atoms with Crippen molar-refractivity contribution in [1.82, 2.24) is 9.97 Å². The molecule has 16 heavy (non-hydrogen) atoms. The van der Waals surface area contributed by atoms with E-state index in [2.05, 4.69) is 22.1 Å². The van der Waals surface area contributed by atoms with E-state index < -0.39 is 0 Å². The fraction of sp³-hybridized carbons (Fsp3) is 0.167. The van der Waals surface area contributed by atoms with E-state index in [1.54, 1.807) is 12.1 Å². The SMILES string of the molecule is Clc1cc2nc3c(nc2cc1Cl)=CCCC=3. The molecule has 0 bridgehead atoms. The van der Waals surface area contributed by atoms with Gasteiger partial charge in [-0.2, -0.15) is 0 Å². The summed E-state index contributed by atoms with van der Waals surface area (Å²) in [7, 11) is 0. The van der Waals surface area contributed by atoms with Crippen molar-refractivity contribution >= 4 is 46.4 Å². The number of nitrogens with zero attached hydrogens (tertiary/aromatic N) is 2. The smallest absolute Gasteiger partial charge is 0.0910 e. The average Bonchev–Trinajstić information content (AvgIpc) is 2.28. The molecule has 0 amide bonds. The minimum atomic E-state index is 0.517. The highest BCUT2D eigenvalue weighted by Crippen LogP contribution is 2.24. The second kappa shape index (κ2) is 3.72. The van der Waals surface area contributed by atoms with Gasteiger partial charge >= 0.3 is 0 Å². The first-order chi connectivity index (χ1) is 7.74. The van der Waals surface area contributed by atoms with Gasteiger partial charge in [-0.25, -0.2) is 9.97 Å². The van der Waals surface area contributed by atoms with Gasteiger partial charge in [-0.05, 0) is 25.0 Å². The summed E-state index contributed by atoms with van der Waals surface area (Å²) in [5.41, 5.74) is 1.58. The topological polar surface area (TPSA) is 25.8 Å². The molecule has 0 saturated heterocycles. The predicted octanol–water partition coefficient (Wildman–Crippen LogP) is 2.29. The first-order valence-corrected chi connectivity index (χ1v) is 5.83. The Morgan fingerprint density at radius 1 is 0.812 bits per heavy atom. The lowest BCUT2D eigenvalue weighted by Gasteiger charge is -2.03. The van der Waals surface area contributed by atoms with Crippen molar-refractivity contribution in [2.24, 2.45) is 0 Å². The van der Waals surface area contributed by atoms with E-state index in [4.69, 9.17) is 23.2 Å². The number of benzene rings is 1. The van der Waals surface area contributed by atoms with E-state index in [1.807, 2.05) is 0 Å². The van der Waals surface area contributed by atoms with Crippen molar-refractivity contribution in [2.75, 3.05) is 0 Å². The summed E-state index contributed by atoms with van der Waals surface area (Å²) in [6, 6.07) is 3.52. The molecule has 1 aliphatic carbocycles. The molecule has 0 unspecified atom stereocenters. The molecular formula is C12H8Cl2N2. The molecule has 0 atom stereocenters. The third-order valence-corrected chi connectivity index (χ3v) is 3.33. The Hall–Kier alpha value is -1.12.